The van der Waals surface area contributed by atoms with E-state index in [0.717, 1.165) is 33.2 Å². The fourth-order valence-corrected chi connectivity index (χ4v) is 5.44. The smallest absolute Gasteiger partial charge is 0.186 e. The molecule has 1 N–H and O–H groups in total. The first kappa shape index (κ1) is 19.2. The van der Waals surface area contributed by atoms with Gasteiger partial charge in [0.2, 0.25) is 0 Å². The van der Waals surface area contributed by atoms with Crippen LogP contribution in [0.25, 0.3) is 11.8 Å². The number of allylic oxidation sites excluding steroid dienone is 1. The van der Waals surface area contributed by atoms with Crippen molar-refractivity contribution in [2.24, 2.45) is 0 Å². The van der Waals surface area contributed by atoms with Gasteiger partial charge in [0.25, 0.3) is 0 Å². The molecule has 1 fully saturated rings. The van der Waals surface area contributed by atoms with Crippen LogP contribution in [-0.4, -0.2) is 20.4 Å². The lowest BCUT2D eigenvalue weighted by atomic mass is 10.1. The maximum atomic E-state index is 12.9. The number of hydrogen-bond acceptors (Lipinski definition) is 5. The molecule has 0 amide bonds. The summed E-state index contributed by atoms with van der Waals surface area (Å²) in [5.74, 6) is -0.608. The quantitative estimate of drug-likeness (QED) is 0.527. The molecule has 0 radical (unpaired) electrons. The van der Waals surface area contributed by atoms with Gasteiger partial charge in [0.05, 0.1) is 9.95 Å². The van der Waals surface area contributed by atoms with Gasteiger partial charge in [-0.1, -0.05) is 29.4 Å². The first-order valence-electron chi connectivity index (χ1n) is 8.74. The molecule has 7 heteroatoms. The van der Waals surface area contributed by atoms with Crippen LogP contribution in [0.5, 0.6) is 0 Å². The van der Waals surface area contributed by atoms with Crippen LogP contribution in [-0.2, 0) is 4.79 Å². The molecule has 0 unspecified atom stereocenters. The second-order valence-corrected chi connectivity index (χ2v) is 9.11. The molecule has 1 aliphatic rings. The van der Waals surface area contributed by atoms with E-state index >= 15 is 0 Å². The highest BCUT2D eigenvalue weighted by Gasteiger charge is 2.38. The topological polar surface area (TPSA) is 58.7 Å². The van der Waals surface area contributed by atoms with Gasteiger partial charge in [0.15, 0.2) is 5.78 Å². The number of thiazole rings is 1. The van der Waals surface area contributed by atoms with E-state index in [9.17, 15) is 4.79 Å². The van der Waals surface area contributed by atoms with Crippen molar-refractivity contribution >= 4 is 51.6 Å². The standard InChI is InChI=1S/C21H18ClN3OS2/c1-11-9-14(13(3)25(11)16-6-4-5-15(22)12(16)2)10-17-19(26)18(20(23)28-17)21-24-7-8-27-21/h4-10,18,23H,1-3H3/b17-10-,23-20?/t18-/m0/s1. The molecule has 4 rings (SSSR count). The number of benzene rings is 1. The minimum atomic E-state index is -0.560. The molecule has 1 atom stereocenters. The number of carbonyl (C=O) groups excluding carboxylic acids is 1. The van der Waals surface area contributed by atoms with Crippen molar-refractivity contribution in [3.05, 3.63) is 73.3 Å². The molecule has 4 nitrogen and oxygen atoms in total. The Bertz CT molecular complexity index is 1130. The molecule has 1 aromatic carbocycles. The summed E-state index contributed by atoms with van der Waals surface area (Å²) < 4.78 is 2.15. The van der Waals surface area contributed by atoms with Gasteiger partial charge in [-0.2, -0.15) is 0 Å². The number of Topliss-reactive ketones (excluding diaryl/α,β-unsaturated/α-hetero) is 1. The van der Waals surface area contributed by atoms with Crippen LogP contribution in [0, 0.1) is 26.2 Å². The third kappa shape index (κ3) is 3.15. The number of hydrogen-bond donors (Lipinski definition) is 1. The number of aryl methyl sites for hydroxylation is 1. The zero-order valence-electron chi connectivity index (χ0n) is 15.6. The molecule has 3 heterocycles. The summed E-state index contributed by atoms with van der Waals surface area (Å²) in [6.45, 7) is 6.08. The minimum absolute atomic E-state index is 0.0475. The molecule has 1 saturated heterocycles. The van der Waals surface area contributed by atoms with E-state index in [-0.39, 0.29) is 5.78 Å². The average molecular weight is 428 g/mol. The number of carbonyl (C=O) groups is 1. The molecule has 2 aromatic heterocycles. The van der Waals surface area contributed by atoms with Crippen LogP contribution in [0.1, 0.15) is 33.4 Å². The third-order valence-electron chi connectivity index (χ3n) is 4.92. The monoisotopic (exact) mass is 427 g/mol. The van der Waals surface area contributed by atoms with Gasteiger partial charge in [-0.3, -0.25) is 10.2 Å². The number of nitrogens with zero attached hydrogens (tertiary/aromatic N) is 2. The highest BCUT2D eigenvalue weighted by atomic mass is 35.5. The Morgan fingerprint density at radius 1 is 1.29 bits per heavy atom. The third-order valence-corrected chi connectivity index (χ3v) is 7.17. The molecule has 1 aliphatic heterocycles. The Balaban J connectivity index is 1.75. The fourth-order valence-electron chi connectivity index (χ4n) is 3.47. The second-order valence-electron chi connectivity index (χ2n) is 6.69. The van der Waals surface area contributed by atoms with Crippen molar-refractivity contribution in [3.8, 4) is 5.69 Å². The molecule has 28 heavy (non-hydrogen) atoms. The second kappa shape index (κ2) is 7.35. The lowest BCUT2D eigenvalue weighted by Gasteiger charge is -2.13. The Labute approximate surface area is 176 Å². The maximum Gasteiger partial charge on any atom is 0.186 e. The van der Waals surface area contributed by atoms with Crippen LogP contribution in [0.3, 0.4) is 0 Å². The highest BCUT2D eigenvalue weighted by Crippen LogP contribution is 2.41. The Morgan fingerprint density at radius 2 is 2.07 bits per heavy atom. The fraction of sp³-hybridized carbons (Fsp3) is 0.190. The van der Waals surface area contributed by atoms with Gasteiger partial charge in [-0.15, -0.1) is 11.3 Å². The van der Waals surface area contributed by atoms with Crippen LogP contribution < -0.4 is 0 Å². The Hall–Kier alpha value is -2.15. The largest absolute Gasteiger partial charge is 0.318 e. The van der Waals surface area contributed by atoms with Gasteiger partial charge in [0.1, 0.15) is 10.9 Å². The normalized spacial score (nSPS) is 18.4. The van der Waals surface area contributed by atoms with E-state index in [0.29, 0.717) is 15.0 Å². The summed E-state index contributed by atoms with van der Waals surface area (Å²) >= 11 is 8.96. The zero-order valence-corrected chi connectivity index (χ0v) is 18.0. The Kier molecular flexibility index (Phi) is 5.04. The van der Waals surface area contributed by atoms with E-state index in [1.54, 1.807) is 6.20 Å². The number of nitrogens with one attached hydrogen (secondary N) is 1. The molecule has 3 aromatic rings. The molecular weight excluding hydrogens is 410 g/mol. The lowest BCUT2D eigenvalue weighted by molar-refractivity contribution is -0.114. The van der Waals surface area contributed by atoms with Gasteiger partial charge < -0.3 is 4.57 Å². The van der Waals surface area contributed by atoms with E-state index in [2.05, 4.69) is 15.6 Å². The summed E-state index contributed by atoms with van der Waals surface area (Å²) in [4.78, 5) is 17.7. The van der Waals surface area contributed by atoms with Crippen LogP contribution in [0.2, 0.25) is 5.02 Å². The number of halogens is 1. The average Bonchev–Trinajstić information content (AvgIpc) is 3.32. The predicted octanol–water partition coefficient (Wildman–Crippen LogP) is 5.93. The van der Waals surface area contributed by atoms with Crippen LogP contribution >= 0.6 is 34.7 Å². The van der Waals surface area contributed by atoms with E-state index < -0.39 is 5.92 Å². The first-order chi connectivity index (χ1) is 13.4. The molecule has 0 saturated carbocycles. The zero-order chi connectivity index (χ0) is 20.0. The van der Waals surface area contributed by atoms with Crippen molar-refractivity contribution in [1.82, 2.24) is 9.55 Å². The van der Waals surface area contributed by atoms with Gasteiger partial charge in [-0.05, 0) is 56.2 Å². The first-order valence-corrected chi connectivity index (χ1v) is 10.8. The van der Waals surface area contributed by atoms with E-state index in [4.69, 9.17) is 17.0 Å². The number of ketones is 1. The van der Waals surface area contributed by atoms with E-state index in [1.165, 1.54) is 23.1 Å². The lowest BCUT2D eigenvalue weighted by Crippen LogP contribution is -2.11. The van der Waals surface area contributed by atoms with Crippen molar-refractivity contribution in [2.75, 3.05) is 0 Å². The maximum absolute atomic E-state index is 12.9. The molecule has 0 aliphatic carbocycles. The van der Waals surface area contributed by atoms with Gasteiger partial charge in [-0.25, -0.2) is 4.98 Å². The number of thioether (sulfide) groups is 1. The summed E-state index contributed by atoms with van der Waals surface area (Å²) in [5, 5.41) is 11.8. The Morgan fingerprint density at radius 3 is 2.79 bits per heavy atom. The summed E-state index contributed by atoms with van der Waals surface area (Å²) in [7, 11) is 0. The SMILES string of the molecule is Cc1c(Cl)cccc1-n1c(C)cc(/C=C2\SC(=N)[C@@H](c3nccs3)C2=O)c1C. The summed E-state index contributed by atoms with van der Waals surface area (Å²) in [5.41, 5.74) is 5.12. The summed E-state index contributed by atoms with van der Waals surface area (Å²) in [6, 6.07) is 7.94. The van der Waals surface area contributed by atoms with Crippen LogP contribution in [0.15, 0.2) is 40.7 Å². The highest BCUT2D eigenvalue weighted by molar-refractivity contribution is 8.19. The molecule has 142 valence electrons. The number of rotatable bonds is 3. The molecule has 0 spiro atoms. The van der Waals surface area contributed by atoms with Crippen molar-refractivity contribution < 1.29 is 4.79 Å². The summed E-state index contributed by atoms with van der Waals surface area (Å²) in [6.07, 6.45) is 3.57. The molecular formula is C21H18ClN3OS2. The predicted molar refractivity (Wildman–Crippen MR) is 118 cm³/mol. The number of aromatic nitrogens is 2. The van der Waals surface area contributed by atoms with Crippen molar-refractivity contribution in [3.63, 3.8) is 0 Å². The van der Waals surface area contributed by atoms with Crippen molar-refractivity contribution in [2.45, 2.75) is 26.7 Å². The van der Waals surface area contributed by atoms with Crippen molar-refractivity contribution in [1.29, 1.82) is 5.41 Å². The van der Waals surface area contributed by atoms with Gasteiger partial charge >= 0.3 is 0 Å². The van der Waals surface area contributed by atoms with E-state index in [1.807, 2.05) is 50.4 Å². The molecule has 0 bridgehead atoms. The van der Waals surface area contributed by atoms with Crippen LogP contribution in [0.4, 0.5) is 0 Å². The van der Waals surface area contributed by atoms with Gasteiger partial charge in [0, 0.05) is 33.7 Å². The minimum Gasteiger partial charge on any atom is -0.318 e.